The summed E-state index contributed by atoms with van der Waals surface area (Å²) < 4.78 is 45.4. The zero-order valence-electron chi connectivity index (χ0n) is 17.2. The highest BCUT2D eigenvalue weighted by molar-refractivity contribution is 7.92. The molecule has 3 rings (SSSR count). The summed E-state index contributed by atoms with van der Waals surface area (Å²) in [4.78, 5) is 19.9. The molecular formula is C21H21FN4O6S. The summed E-state index contributed by atoms with van der Waals surface area (Å²) >= 11 is 0. The van der Waals surface area contributed by atoms with Crippen molar-refractivity contribution in [1.82, 2.24) is 9.97 Å². The van der Waals surface area contributed by atoms with Crippen molar-refractivity contribution in [2.45, 2.75) is 12.5 Å². The number of ether oxygens (including phenoxy) is 1. The second-order valence-electron chi connectivity index (χ2n) is 6.95. The van der Waals surface area contributed by atoms with Gasteiger partial charge in [-0.2, -0.15) is 0 Å². The van der Waals surface area contributed by atoms with Gasteiger partial charge in [-0.1, -0.05) is 0 Å². The number of carbonyl (C=O) groups is 1. The molecule has 2 aromatic carbocycles. The predicted octanol–water partition coefficient (Wildman–Crippen LogP) is 1.66. The van der Waals surface area contributed by atoms with E-state index in [-0.39, 0.29) is 29.6 Å². The number of primary amides is 1. The van der Waals surface area contributed by atoms with E-state index in [0.29, 0.717) is 17.1 Å². The number of hydrogen-bond acceptors (Lipinski definition) is 8. The van der Waals surface area contributed by atoms with Crippen LogP contribution in [0, 0.1) is 5.82 Å². The number of hydrogen-bond donors (Lipinski definition) is 4. The van der Waals surface area contributed by atoms with E-state index in [1.807, 2.05) is 0 Å². The molecule has 0 saturated heterocycles. The van der Waals surface area contributed by atoms with E-state index in [1.165, 1.54) is 24.3 Å². The molecule has 0 saturated carbocycles. The molecule has 174 valence electrons. The van der Waals surface area contributed by atoms with Crippen LogP contribution in [0.5, 0.6) is 11.5 Å². The molecule has 1 aromatic heterocycles. The van der Waals surface area contributed by atoms with Crippen LogP contribution in [-0.2, 0) is 10.0 Å². The van der Waals surface area contributed by atoms with Gasteiger partial charge in [-0.05, 0) is 55.0 Å². The van der Waals surface area contributed by atoms with Crippen LogP contribution in [-0.4, -0.2) is 53.0 Å². The number of carbonyl (C=O) groups excluding carboxylic acids is 1. The molecule has 33 heavy (non-hydrogen) atoms. The number of amides is 1. The molecule has 3 aromatic rings. The first-order valence-electron chi connectivity index (χ1n) is 9.67. The lowest BCUT2D eigenvalue weighted by Gasteiger charge is -2.11. The Kier molecular flexibility index (Phi) is 7.53. The minimum Gasteiger partial charge on any atom is -0.457 e. The molecule has 0 fully saturated rings. The Morgan fingerprint density at radius 3 is 2.27 bits per heavy atom. The molecule has 5 N–H and O–H groups in total. The van der Waals surface area contributed by atoms with Crippen molar-refractivity contribution in [2.75, 3.05) is 17.1 Å². The highest BCUT2D eigenvalue weighted by Crippen LogP contribution is 2.25. The Morgan fingerprint density at radius 1 is 1.09 bits per heavy atom. The number of benzene rings is 2. The van der Waals surface area contributed by atoms with E-state index in [2.05, 4.69) is 14.7 Å². The number of anilines is 1. The van der Waals surface area contributed by atoms with Crippen molar-refractivity contribution in [3.05, 3.63) is 66.1 Å². The average molecular weight is 476 g/mol. The number of nitrogens with zero attached hydrogens (tertiary/aromatic N) is 2. The van der Waals surface area contributed by atoms with Gasteiger partial charge in [0, 0.05) is 11.6 Å². The van der Waals surface area contributed by atoms with Gasteiger partial charge in [0.2, 0.25) is 10.0 Å². The fourth-order valence-electron chi connectivity index (χ4n) is 2.66. The predicted molar refractivity (Wildman–Crippen MR) is 118 cm³/mol. The summed E-state index contributed by atoms with van der Waals surface area (Å²) in [5, 5.41) is 18.2. The van der Waals surface area contributed by atoms with Gasteiger partial charge < -0.3 is 20.7 Å². The maximum Gasteiger partial charge on any atom is 0.267 e. The topological polar surface area (TPSA) is 165 Å². The van der Waals surface area contributed by atoms with Crippen LogP contribution in [0.4, 0.5) is 10.2 Å². The van der Waals surface area contributed by atoms with E-state index in [1.54, 1.807) is 24.3 Å². The molecule has 1 amide bonds. The number of rotatable bonds is 10. The Labute approximate surface area is 188 Å². The molecule has 1 unspecified atom stereocenters. The lowest BCUT2D eigenvalue weighted by Crippen LogP contribution is -2.23. The molecule has 0 aliphatic heterocycles. The van der Waals surface area contributed by atoms with Crippen molar-refractivity contribution in [3.8, 4) is 22.9 Å². The number of aliphatic hydroxyl groups excluding tert-OH is 2. The Bertz CT molecular complexity index is 1220. The maximum absolute atomic E-state index is 13.0. The van der Waals surface area contributed by atoms with E-state index >= 15 is 0 Å². The first-order valence-corrected chi connectivity index (χ1v) is 11.3. The summed E-state index contributed by atoms with van der Waals surface area (Å²) in [5.74, 6) is -1.02. The smallest absolute Gasteiger partial charge is 0.267 e. The molecule has 0 radical (unpaired) electrons. The number of nitrogens with two attached hydrogens (primary N) is 1. The molecule has 0 aliphatic carbocycles. The fraction of sp³-hybridized carbons (Fsp3) is 0.190. The highest BCUT2D eigenvalue weighted by Gasteiger charge is 2.17. The zero-order chi connectivity index (χ0) is 24.0. The summed E-state index contributed by atoms with van der Waals surface area (Å²) in [5.41, 5.74) is 5.55. The first kappa shape index (κ1) is 24.0. The van der Waals surface area contributed by atoms with Crippen molar-refractivity contribution in [3.63, 3.8) is 0 Å². The number of halogens is 1. The van der Waals surface area contributed by atoms with Gasteiger partial charge in [0.25, 0.3) is 5.91 Å². The Balaban J connectivity index is 1.82. The number of aliphatic hydroxyl groups is 2. The maximum atomic E-state index is 13.0. The van der Waals surface area contributed by atoms with Gasteiger partial charge in [-0.25, -0.2) is 22.8 Å². The van der Waals surface area contributed by atoms with E-state index in [4.69, 9.17) is 15.6 Å². The first-order chi connectivity index (χ1) is 15.6. The monoisotopic (exact) mass is 476 g/mol. The fourth-order valence-corrected chi connectivity index (χ4v) is 3.77. The molecule has 1 heterocycles. The third-order valence-corrected chi connectivity index (χ3v) is 5.62. The van der Waals surface area contributed by atoms with Crippen LogP contribution in [0.15, 0.2) is 54.6 Å². The van der Waals surface area contributed by atoms with E-state index in [0.717, 1.165) is 6.07 Å². The highest BCUT2D eigenvalue weighted by atomic mass is 32.2. The second kappa shape index (κ2) is 10.3. The summed E-state index contributed by atoms with van der Waals surface area (Å²) in [6.07, 6.45) is -1.37. The Morgan fingerprint density at radius 2 is 1.70 bits per heavy atom. The quantitative estimate of drug-likeness (QED) is 0.343. The largest absolute Gasteiger partial charge is 0.457 e. The van der Waals surface area contributed by atoms with Crippen molar-refractivity contribution < 1.29 is 32.6 Å². The van der Waals surface area contributed by atoms with Gasteiger partial charge in [-0.15, -0.1) is 0 Å². The minimum atomic E-state index is -3.94. The van der Waals surface area contributed by atoms with E-state index < -0.39 is 34.4 Å². The lowest BCUT2D eigenvalue weighted by atomic mass is 10.2. The van der Waals surface area contributed by atoms with Gasteiger partial charge in [0.05, 0.1) is 18.5 Å². The van der Waals surface area contributed by atoms with E-state index in [9.17, 15) is 22.7 Å². The molecule has 0 spiro atoms. The molecule has 10 nitrogen and oxygen atoms in total. The SMILES string of the molecule is NC(=O)c1cc(NS(=O)(=O)CCC(O)CO)nc(-c2ccc(Oc3ccc(F)cc3)cc2)n1. The van der Waals surface area contributed by atoms with Crippen molar-refractivity contribution >= 4 is 21.7 Å². The normalized spacial score (nSPS) is 12.2. The van der Waals surface area contributed by atoms with Crippen LogP contribution in [0.25, 0.3) is 11.4 Å². The zero-order valence-corrected chi connectivity index (χ0v) is 18.0. The molecule has 12 heteroatoms. The summed E-state index contributed by atoms with van der Waals surface area (Å²) in [7, 11) is -3.94. The van der Waals surface area contributed by atoms with Crippen molar-refractivity contribution in [2.24, 2.45) is 5.73 Å². The molecule has 1 atom stereocenters. The average Bonchev–Trinajstić information content (AvgIpc) is 2.79. The molecular weight excluding hydrogens is 455 g/mol. The van der Waals surface area contributed by atoms with Crippen LogP contribution in [0.2, 0.25) is 0 Å². The summed E-state index contributed by atoms with van der Waals surface area (Å²) in [6.45, 7) is -0.570. The lowest BCUT2D eigenvalue weighted by molar-refractivity contribution is 0.0929. The third-order valence-electron chi connectivity index (χ3n) is 4.33. The van der Waals surface area contributed by atoms with Gasteiger partial charge >= 0.3 is 0 Å². The number of aromatic nitrogens is 2. The van der Waals surface area contributed by atoms with Gasteiger partial charge in [-0.3, -0.25) is 9.52 Å². The minimum absolute atomic E-state index is 0.0349. The third kappa shape index (κ3) is 6.94. The number of sulfonamides is 1. The Hall–Kier alpha value is -3.61. The van der Waals surface area contributed by atoms with Crippen LogP contribution >= 0.6 is 0 Å². The van der Waals surface area contributed by atoms with Crippen LogP contribution < -0.4 is 15.2 Å². The van der Waals surface area contributed by atoms with Crippen molar-refractivity contribution in [1.29, 1.82) is 0 Å². The molecule has 0 bridgehead atoms. The van der Waals surface area contributed by atoms with Gasteiger partial charge in [0.1, 0.15) is 28.8 Å². The number of nitrogens with one attached hydrogen (secondary N) is 1. The van der Waals surface area contributed by atoms with Gasteiger partial charge in [0.15, 0.2) is 5.82 Å². The molecule has 0 aliphatic rings. The van der Waals surface area contributed by atoms with Crippen LogP contribution in [0.1, 0.15) is 16.9 Å². The summed E-state index contributed by atoms with van der Waals surface area (Å²) in [6, 6.07) is 12.9. The standard InChI is InChI=1S/C21H21FN4O6S/c22-14-3-7-17(8-4-14)32-16-5-1-13(2-6-16)21-24-18(20(23)29)11-19(25-21)26-33(30,31)10-9-15(28)12-27/h1-8,11,15,27-28H,9-10,12H2,(H2,23,29)(H,24,25,26). The second-order valence-corrected chi connectivity index (χ2v) is 8.79. The van der Waals surface area contributed by atoms with Crippen LogP contribution in [0.3, 0.4) is 0 Å².